The highest BCUT2D eigenvalue weighted by Crippen LogP contribution is 2.28. The summed E-state index contributed by atoms with van der Waals surface area (Å²) in [5, 5.41) is 1.40. The van der Waals surface area contributed by atoms with Crippen LogP contribution in [0.15, 0.2) is 41.2 Å². The molecule has 156 valence electrons. The summed E-state index contributed by atoms with van der Waals surface area (Å²) in [6, 6.07) is 10.3. The van der Waals surface area contributed by atoms with Crippen molar-refractivity contribution in [1.82, 2.24) is 9.55 Å². The molecular formula is C23H23Cl2N3O2. The molecule has 2 heterocycles. The van der Waals surface area contributed by atoms with Gasteiger partial charge in [-0.15, -0.1) is 0 Å². The van der Waals surface area contributed by atoms with E-state index in [0.29, 0.717) is 45.3 Å². The van der Waals surface area contributed by atoms with Crippen LogP contribution in [0, 0.1) is 0 Å². The van der Waals surface area contributed by atoms with Crippen molar-refractivity contribution < 1.29 is 4.79 Å². The molecule has 0 fully saturated rings. The predicted octanol–water partition coefficient (Wildman–Crippen LogP) is 5.49. The molecule has 0 bridgehead atoms. The number of carbonyl (C=O) groups is 1. The summed E-state index contributed by atoms with van der Waals surface area (Å²) in [5.41, 5.74) is 1.73. The first-order valence-electron chi connectivity index (χ1n) is 10.3. The Morgan fingerprint density at radius 3 is 2.70 bits per heavy atom. The van der Waals surface area contributed by atoms with Gasteiger partial charge in [-0.1, -0.05) is 36.5 Å². The first kappa shape index (κ1) is 20.9. The third-order valence-electron chi connectivity index (χ3n) is 5.47. The van der Waals surface area contributed by atoms with Gasteiger partial charge in [0.25, 0.3) is 11.5 Å². The molecule has 0 N–H and O–H groups in total. The molecule has 0 aliphatic carbocycles. The molecule has 30 heavy (non-hydrogen) atoms. The van der Waals surface area contributed by atoms with Crippen LogP contribution < -0.4 is 10.5 Å². The van der Waals surface area contributed by atoms with Crippen molar-refractivity contribution in [2.45, 2.75) is 45.6 Å². The van der Waals surface area contributed by atoms with Gasteiger partial charge < -0.3 is 4.90 Å². The molecule has 1 aromatic heterocycles. The molecule has 0 radical (unpaired) electrons. The number of hydrogen-bond acceptors (Lipinski definition) is 3. The van der Waals surface area contributed by atoms with Gasteiger partial charge in [-0.25, -0.2) is 4.98 Å². The number of anilines is 1. The second-order valence-electron chi connectivity index (χ2n) is 7.58. The summed E-state index contributed by atoms with van der Waals surface area (Å²) in [6.07, 6.45) is 4.68. The smallest absolute Gasteiger partial charge is 0.261 e. The van der Waals surface area contributed by atoms with Gasteiger partial charge in [-0.2, -0.15) is 0 Å². The highest BCUT2D eigenvalue weighted by atomic mass is 35.5. The Bertz CT molecular complexity index is 1170. The maximum absolute atomic E-state index is 13.3. The van der Waals surface area contributed by atoms with Crippen LogP contribution in [0.1, 0.15) is 48.8 Å². The van der Waals surface area contributed by atoms with E-state index in [9.17, 15) is 9.59 Å². The molecule has 5 nitrogen and oxygen atoms in total. The van der Waals surface area contributed by atoms with E-state index in [1.807, 2.05) is 6.92 Å². The van der Waals surface area contributed by atoms with E-state index >= 15 is 0 Å². The maximum Gasteiger partial charge on any atom is 0.261 e. The molecular weight excluding hydrogens is 421 g/mol. The molecule has 1 aliphatic heterocycles. The molecule has 4 rings (SSSR count). The third-order valence-corrected chi connectivity index (χ3v) is 6.21. The monoisotopic (exact) mass is 443 g/mol. The molecule has 7 heteroatoms. The highest BCUT2D eigenvalue weighted by molar-refractivity contribution is 6.42. The van der Waals surface area contributed by atoms with Crippen LogP contribution in [-0.4, -0.2) is 22.0 Å². The first-order chi connectivity index (χ1) is 14.5. The third kappa shape index (κ3) is 3.96. The minimum atomic E-state index is -0.158. The van der Waals surface area contributed by atoms with Gasteiger partial charge in [0, 0.05) is 30.8 Å². The molecule has 2 aromatic carbocycles. The summed E-state index contributed by atoms with van der Waals surface area (Å²) < 4.78 is 1.79. The van der Waals surface area contributed by atoms with Crippen molar-refractivity contribution >= 4 is 45.7 Å². The Morgan fingerprint density at radius 1 is 1.10 bits per heavy atom. The molecule has 0 unspecified atom stereocenters. The topological polar surface area (TPSA) is 55.2 Å². The number of nitrogens with zero attached hydrogens (tertiary/aromatic N) is 3. The van der Waals surface area contributed by atoms with E-state index in [-0.39, 0.29) is 11.5 Å². The van der Waals surface area contributed by atoms with Crippen LogP contribution in [0.3, 0.4) is 0 Å². The van der Waals surface area contributed by atoms with Crippen molar-refractivity contribution in [3.8, 4) is 0 Å². The van der Waals surface area contributed by atoms with E-state index in [2.05, 4.69) is 0 Å². The Labute approximate surface area is 185 Å². The summed E-state index contributed by atoms with van der Waals surface area (Å²) in [4.78, 5) is 32.7. The number of benzene rings is 2. The second kappa shape index (κ2) is 8.78. The summed E-state index contributed by atoms with van der Waals surface area (Å²) in [7, 11) is 0. The zero-order chi connectivity index (χ0) is 21.3. The van der Waals surface area contributed by atoms with Gasteiger partial charge in [-0.05, 0) is 55.7 Å². The largest absolute Gasteiger partial charge is 0.308 e. The van der Waals surface area contributed by atoms with Gasteiger partial charge in [-0.3, -0.25) is 14.2 Å². The van der Waals surface area contributed by atoms with Crippen molar-refractivity contribution in [2.75, 3.05) is 11.4 Å². The Balaban J connectivity index is 1.76. The lowest BCUT2D eigenvalue weighted by atomic mass is 10.1. The lowest BCUT2D eigenvalue weighted by Gasteiger charge is -2.23. The van der Waals surface area contributed by atoms with Crippen LogP contribution in [0.25, 0.3) is 10.9 Å². The van der Waals surface area contributed by atoms with Crippen molar-refractivity contribution in [2.24, 2.45) is 0 Å². The molecule has 3 aromatic rings. The zero-order valence-electron chi connectivity index (χ0n) is 16.8. The molecule has 0 saturated carbocycles. The fourth-order valence-electron chi connectivity index (χ4n) is 3.93. The maximum atomic E-state index is 13.3. The number of rotatable bonds is 4. The molecule has 1 amide bonds. The fraction of sp³-hybridized carbons (Fsp3) is 0.348. The van der Waals surface area contributed by atoms with Gasteiger partial charge in [0.15, 0.2) is 0 Å². The average Bonchev–Trinajstić information content (AvgIpc) is 2.99. The number of fused-ring (bicyclic) bond motifs is 2. The predicted molar refractivity (Wildman–Crippen MR) is 122 cm³/mol. The van der Waals surface area contributed by atoms with E-state index in [1.54, 1.807) is 45.9 Å². The van der Waals surface area contributed by atoms with Crippen LogP contribution in [0.2, 0.25) is 10.0 Å². The zero-order valence-corrected chi connectivity index (χ0v) is 18.3. The fourth-order valence-corrected chi connectivity index (χ4v) is 4.22. The SMILES string of the molecule is CCCN(C(=O)c1ccc2c(=O)n3c(nc2c1)CCCCC3)c1ccc(Cl)c(Cl)c1. The average molecular weight is 444 g/mol. The van der Waals surface area contributed by atoms with Crippen molar-refractivity contribution in [3.05, 3.63) is 68.2 Å². The van der Waals surface area contributed by atoms with E-state index < -0.39 is 0 Å². The summed E-state index contributed by atoms with van der Waals surface area (Å²) in [5.74, 6) is 0.651. The van der Waals surface area contributed by atoms with Crippen LogP contribution >= 0.6 is 23.2 Å². The number of aromatic nitrogens is 2. The van der Waals surface area contributed by atoms with E-state index in [0.717, 1.165) is 37.9 Å². The molecule has 0 spiro atoms. The van der Waals surface area contributed by atoms with E-state index in [4.69, 9.17) is 28.2 Å². The summed E-state index contributed by atoms with van der Waals surface area (Å²) >= 11 is 12.2. The van der Waals surface area contributed by atoms with Gasteiger partial charge in [0.1, 0.15) is 5.82 Å². The number of carbonyl (C=O) groups excluding carboxylic acids is 1. The summed E-state index contributed by atoms with van der Waals surface area (Å²) in [6.45, 7) is 3.25. The van der Waals surface area contributed by atoms with Crippen molar-refractivity contribution in [1.29, 1.82) is 0 Å². The van der Waals surface area contributed by atoms with Crippen LogP contribution in [0.4, 0.5) is 5.69 Å². The number of amides is 1. The number of aryl methyl sites for hydroxylation is 1. The second-order valence-corrected chi connectivity index (χ2v) is 8.40. The van der Waals surface area contributed by atoms with Crippen LogP contribution in [-0.2, 0) is 13.0 Å². The molecule has 1 aliphatic rings. The number of halogens is 2. The number of hydrogen-bond donors (Lipinski definition) is 0. The Kier molecular flexibility index (Phi) is 6.11. The van der Waals surface area contributed by atoms with Gasteiger partial charge >= 0.3 is 0 Å². The standard InChI is InChI=1S/C23H23Cl2N3O2/c1-2-11-27(16-8-10-18(24)19(25)14-16)22(29)15-7-9-17-20(13-15)26-21-6-4-3-5-12-28(21)23(17)30/h7-10,13-14H,2-6,11-12H2,1H3. The molecule has 0 atom stereocenters. The lowest BCUT2D eigenvalue weighted by molar-refractivity contribution is 0.0987. The lowest BCUT2D eigenvalue weighted by Crippen LogP contribution is -2.32. The highest BCUT2D eigenvalue weighted by Gasteiger charge is 2.20. The minimum absolute atomic E-state index is 0.0224. The Morgan fingerprint density at radius 2 is 1.93 bits per heavy atom. The van der Waals surface area contributed by atoms with Gasteiger partial charge in [0.2, 0.25) is 0 Å². The quantitative estimate of drug-likeness (QED) is 0.535. The van der Waals surface area contributed by atoms with E-state index in [1.165, 1.54) is 0 Å². The Hall–Kier alpha value is -2.37. The minimum Gasteiger partial charge on any atom is -0.308 e. The first-order valence-corrected chi connectivity index (χ1v) is 11.1. The van der Waals surface area contributed by atoms with Crippen molar-refractivity contribution in [3.63, 3.8) is 0 Å². The van der Waals surface area contributed by atoms with Gasteiger partial charge in [0.05, 0.1) is 20.9 Å². The van der Waals surface area contributed by atoms with Crippen LogP contribution in [0.5, 0.6) is 0 Å². The molecule has 0 saturated heterocycles. The normalized spacial score (nSPS) is 13.7.